The molecule has 1 aromatic carbocycles. The third-order valence-corrected chi connectivity index (χ3v) is 4.26. The van der Waals surface area contributed by atoms with Gasteiger partial charge < -0.3 is 0 Å². The van der Waals surface area contributed by atoms with Crippen LogP contribution in [0.4, 0.5) is 5.95 Å². The molecule has 0 saturated carbocycles. The third kappa shape index (κ3) is 3.45. The average molecular weight is 338 g/mol. The van der Waals surface area contributed by atoms with Crippen molar-refractivity contribution in [1.82, 2.24) is 24.5 Å². The fourth-order valence-electron chi connectivity index (χ4n) is 2.89. The summed E-state index contributed by atoms with van der Waals surface area (Å²) in [5, 5.41) is 11.5. The zero-order valence-electron chi connectivity index (χ0n) is 14.9. The average Bonchev–Trinajstić information content (AvgIpc) is 3.13. The maximum atomic E-state index is 12.6. The molecular weight excluding hydrogens is 316 g/mol. The van der Waals surface area contributed by atoms with E-state index in [1.807, 2.05) is 37.6 Å². The Balaban J connectivity index is 1.74. The fourth-order valence-corrected chi connectivity index (χ4v) is 2.89. The van der Waals surface area contributed by atoms with E-state index in [-0.39, 0.29) is 5.91 Å². The van der Waals surface area contributed by atoms with Gasteiger partial charge in [-0.3, -0.25) is 14.8 Å². The number of nitrogens with one attached hydrogen (secondary N) is 1. The SMILES string of the molecule is CCn1nc(C)c(C(=O)Nc2ncn(Cc3ccccc3C)n2)c1C. The Morgan fingerprint density at radius 1 is 1.16 bits per heavy atom. The van der Waals surface area contributed by atoms with Gasteiger partial charge in [-0.1, -0.05) is 24.3 Å². The minimum Gasteiger partial charge on any atom is -0.289 e. The second-order valence-electron chi connectivity index (χ2n) is 6.01. The van der Waals surface area contributed by atoms with Crippen molar-refractivity contribution in [2.45, 2.75) is 40.8 Å². The van der Waals surface area contributed by atoms with Gasteiger partial charge in [-0.15, -0.1) is 5.10 Å². The summed E-state index contributed by atoms with van der Waals surface area (Å²) in [6.45, 7) is 9.12. The van der Waals surface area contributed by atoms with E-state index in [0.29, 0.717) is 23.8 Å². The molecule has 130 valence electrons. The standard InChI is InChI=1S/C18H22N6O/c1-5-24-14(4)16(13(3)21-24)17(25)20-18-19-11-23(22-18)10-15-9-7-6-8-12(15)2/h6-9,11H,5,10H2,1-4H3,(H,20,22,25). The summed E-state index contributed by atoms with van der Waals surface area (Å²) in [4.78, 5) is 16.7. The number of aryl methyl sites for hydroxylation is 3. The van der Waals surface area contributed by atoms with Crippen molar-refractivity contribution in [3.05, 3.63) is 58.7 Å². The molecule has 3 aromatic rings. The van der Waals surface area contributed by atoms with Crippen LogP contribution < -0.4 is 5.32 Å². The van der Waals surface area contributed by atoms with Crippen LogP contribution in [0.5, 0.6) is 0 Å². The largest absolute Gasteiger partial charge is 0.289 e. The van der Waals surface area contributed by atoms with Gasteiger partial charge >= 0.3 is 0 Å². The molecule has 0 atom stereocenters. The highest BCUT2D eigenvalue weighted by Gasteiger charge is 2.19. The Bertz CT molecular complexity index is 908. The molecule has 7 heteroatoms. The maximum Gasteiger partial charge on any atom is 0.261 e. The Morgan fingerprint density at radius 2 is 1.92 bits per heavy atom. The van der Waals surface area contributed by atoms with Crippen molar-refractivity contribution in [2.24, 2.45) is 0 Å². The molecule has 0 saturated heterocycles. The summed E-state index contributed by atoms with van der Waals surface area (Å²) in [5.74, 6) is 0.0602. The van der Waals surface area contributed by atoms with E-state index in [2.05, 4.69) is 39.6 Å². The molecule has 2 heterocycles. The van der Waals surface area contributed by atoms with Crippen LogP contribution in [0.2, 0.25) is 0 Å². The van der Waals surface area contributed by atoms with Crippen LogP contribution in [0, 0.1) is 20.8 Å². The molecule has 1 amide bonds. The third-order valence-electron chi connectivity index (χ3n) is 4.26. The van der Waals surface area contributed by atoms with Crippen LogP contribution in [-0.4, -0.2) is 30.5 Å². The second-order valence-corrected chi connectivity index (χ2v) is 6.01. The van der Waals surface area contributed by atoms with Crippen molar-refractivity contribution in [3.8, 4) is 0 Å². The molecule has 2 aromatic heterocycles. The highest BCUT2D eigenvalue weighted by molar-refractivity contribution is 6.04. The number of benzene rings is 1. The Hall–Kier alpha value is -2.96. The first-order valence-electron chi connectivity index (χ1n) is 8.29. The number of hydrogen-bond donors (Lipinski definition) is 1. The summed E-state index contributed by atoms with van der Waals surface area (Å²) in [7, 11) is 0. The predicted molar refractivity (Wildman–Crippen MR) is 95.6 cm³/mol. The molecule has 1 N–H and O–H groups in total. The quantitative estimate of drug-likeness (QED) is 0.776. The molecule has 0 unspecified atom stereocenters. The van der Waals surface area contributed by atoms with E-state index < -0.39 is 0 Å². The van der Waals surface area contributed by atoms with Gasteiger partial charge in [0.05, 0.1) is 17.8 Å². The van der Waals surface area contributed by atoms with Gasteiger partial charge in [0.1, 0.15) is 6.33 Å². The Kier molecular flexibility index (Phi) is 4.65. The maximum absolute atomic E-state index is 12.6. The highest BCUT2D eigenvalue weighted by Crippen LogP contribution is 2.15. The first-order chi connectivity index (χ1) is 12.0. The molecule has 0 bridgehead atoms. The normalized spacial score (nSPS) is 10.9. The van der Waals surface area contributed by atoms with E-state index in [1.54, 1.807) is 11.0 Å². The minimum atomic E-state index is -0.233. The number of aromatic nitrogens is 5. The van der Waals surface area contributed by atoms with Gasteiger partial charge in [-0.2, -0.15) is 5.10 Å². The number of hydrogen-bond acceptors (Lipinski definition) is 4. The highest BCUT2D eigenvalue weighted by atomic mass is 16.1. The van der Waals surface area contributed by atoms with Crippen LogP contribution >= 0.6 is 0 Å². The first kappa shape index (κ1) is 16.9. The number of nitrogens with zero attached hydrogens (tertiary/aromatic N) is 5. The lowest BCUT2D eigenvalue weighted by molar-refractivity contribution is 0.102. The number of carbonyl (C=O) groups excluding carboxylic acids is 1. The number of rotatable bonds is 5. The van der Waals surface area contributed by atoms with Gasteiger partial charge in [0.15, 0.2) is 0 Å². The van der Waals surface area contributed by atoms with E-state index in [9.17, 15) is 4.79 Å². The van der Waals surface area contributed by atoms with Crippen molar-refractivity contribution in [1.29, 1.82) is 0 Å². The van der Waals surface area contributed by atoms with Crippen molar-refractivity contribution < 1.29 is 4.79 Å². The molecule has 0 spiro atoms. The molecule has 3 rings (SSSR count). The van der Waals surface area contributed by atoms with Crippen LogP contribution in [0.3, 0.4) is 0 Å². The van der Waals surface area contributed by atoms with Crippen LogP contribution in [-0.2, 0) is 13.1 Å². The molecule has 0 radical (unpaired) electrons. The smallest absolute Gasteiger partial charge is 0.261 e. The summed E-state index contributed by atoms with van der Waals surface area (Å²) < 4.78 is 3.53. The van der Waals surface area contributed by atoms with E-state index in [4.69, 9.17) is 0 Å². The first-order valence-corrected chi connectivity index (χ1v) is 8.29. The van der Waals surface area contributed by atoms with Crippen molar-refractivity contribution >= 4 is 11.9 Å². The fraction of sp³-hybridized carbons (Fsp3) is 0.333. The minimum absolute atomic E-state index is 0.233. The Morgan fingerprint density at radius 3 is 2.60 bits per heavy atom. The molecule has 0 aliphatic heterocycles. The molecule has 0 fully saturated rings. The van der Waals surface area contributed by atoms with E-state index in [0.717, 1.165) is 12.2 Å². The monoisotopic (exact) mass is 338 g/mol. The van der Waals surface area contributed by atoms with Gasteiger partial charge in [0.25, 0.3) is 5.91 Å². The molecule has 25 heavy (non-hydrogen) atoms. The van der Waals surface area contributed by atoms with Gasteiger partial charge in [0.2, 0.25) is 5.95 Å². The molecule has 0 aliphatic carbocycles. The van der Waals surface area contributed by atoms with Gasteiger partial charge in [0, 0.05) is 12.2 Å². The number of anilines is 1. The van der Waals surface area contributed by atoms with E-state index >= 15 is 0 Å². The molecular formula is C18H22N6O. The molecule has 0 aliphatic rings. The lowest BCUT2D eigenvalue weighted by Crippen LogP contribution is -2.15. The second kappa shape index (κ2) is 6.88. The van der Waals surface area contributed by atoms with E-state index in [1.165, 1.54) is 11.1 Å². The molecule has 7 nitrogen and oxygen atoms in total. The zero-order valence-corrected chi connectivity index (χ0v) is 14.9. The van der Waals surface area contributed by atoms with Gasteiger partial charge in [-0.25, -0.2) is 9.67 Å². The Labute approximate surface area is 146 Å². The van der Waals surface area contributed by atoms with Crippen LogP contribution in [0.15, 0.2) is 30.6 Å². The number of carbonyl (C=O) groups is 1. The summed E-state index contributed by atoms with van der Waals surface area (Å²) in [6.07, 6.45) is 1.62. The predicted octanol–water partition coefficient (Wildman–Crippen LogP) is 2.72. The van der Waals surface area contributed by atoms with Crippen molar-refractivity contribution in [2.75, 3.05) is 5.32 Å². The lowest BCUT2D eigenvalue weighted by atomic mass is 10.1. The topological polar surface area (TPSA) is 77.6 Å². The summed E-state index contributed by atoms with van der Waals surface area (Å²) >= 11 is 0. The van der Waals surface area contributed by atoms with Gasteiger partial charge in [-0.05, 0) is 38.8 Å². The van der Waals surface area contributed by atoms with Crippen molar-refractivity contribution in [3.63, 3.8) is 0 Å². The van der Waals surface area contributed by atoms with Crippen LogP contribution in [0.1, 0.15) is 39.8 Å². The summed E-state index contributed by atoms with van der Waals surface area (Å²) in [5.41, 5.74) is 4.49. The zero-order chi connectivity index (χ0) is 18.0. The number of amides is 1. The summed E-state index contributed by atoms with van der Waals surface area (Å²) in [6, 6.07) is 8.12. The van der Waals surface area contributed by atoms with Crippen LogP contribution in [0.25, 0.3) is 0 Å². The lowest BCUT2D eigenvalue weighted by Gasteiger charge is -2.05.